The molecule has 1 heterocycles. The summed E-state index contributed by atoms with van der Waals surface area (Å²) in [6, 6.07) is 10.6. The highest BCUT2D eigenvalue weighted by atomic mass is 16.2. The van der Waals surface area contributed by atoms with Gasteiger partial charge in [-0.25, -0.2) is 0 Å². The van der Waals surface area contributed by atoms with Crippen LogP contribution in [0.4, 0.5) is 11.4 Å². The zero-order valence-corrected chi connectivity index (χ0v) is 14.2. The van der Waals surface area contributed by atoms with E-state index in [9.17, 15) is 9.59 Å². The minimum Gasteiger partial charge on any atom is -0.326 e. The van der Waals surface area contributed by atoms with Crippen molar-refractivity contribution in [1.29, 1.82) is 0 Å². The van der Waals surface area contributed by atoms with Gasteiger partial charge in [-0.1, -0.05) is 25.3 Å². The van der Waals surface area contributed by atoms with Crippen LogP contribution in [0.3, 0.4) is 0 Å². The van der Waals surface area contributed by atoms with Gasteiger partial charge in [-0.3, -0.25) is 14.6 Å². The van der Waals surface area contributed by atoms with Crippen LogP contribution < -0.4 is 10.6 Å². The van der Waals surface area contributed by atoms with Gasteiger partial charge in [0.15, 0.2) is 0 Å². The molecule has 5 nitrogen and oxygen atoms in total. The Balaban J connectivity index is 1.57. The molecular formula is C20H23N3O2. The highest BCUT2D eigenvalue weighted by Crippen LogP contribution is 2.26. The summed E-state index contributed by atoms with van der Waals surface area (Å²) in [4.78, 5) is 28.3. The summed E-state index contributed by atoms with van der Waals surface area (Å²) >= 11 is 0. The Labute approximate surface area is 147 Å². The zero-order chi connectivity index (χ0) is 17.5. The average molecular weight is 337 g/mol. The van der Waals surface area contributed by atoms with Crippen molar-refractivity contribution >= 4 is 23.2 Å². The first-order valence-electron chi connectivity index (χ1n) is 8.82. The van der Waals surface area contributed by atoms with Crippen LogP contribution >= 0.6 is 0 Å². The molecule has 0 unspecified atom stereocenters. The molecule has 3 rings (SSSR count). The normalized spacial score (nSPS) is 14.7. The van der Waals surface area contributed by atoms with Crippen LogP contribution in [0.1, 0.15) is 48.9 Å². The molecule has 2 N–H and O–H groups in total. The lowest BCUT2D eigenvalue weighted by molar-refractivity contribution is -0.117. The van der Waals surface area contributed by atoms with Gasteiger partial charge >= 0.3 is 0 Å². The molecule has 5 heteroatoms. The van der Waals surface area contributed by atoms with Crippen LogP contribution in [-0.2, 0) is 4.79 Å². The molecule has 0 aliphatic heterocycles. The lowest BCUT2D eigenvalue weighted by Gasteiger charge is -2.20. The molecule has 1 aliphatic rings. The summed E-state index contributed by atoms with van der Waals surface area (Å²) in [5, 5.41) is 5.76. The standard InChI is InChI=1S/C20H23N3O2/c24-19(12-15-6-2-1-3-7-15)22-17-9-4-10-18(13-17)23-20(25)16-8-5-11-21-14-16/h4-5,8-11,13-15H,1-3,6-7,12H2,(H,22,24)(H,23,25). The summed E-state index contributed by atoms with van der Waals surface area (Å²) in [5.41, 5.74) is 1.84. The predicted molar refractivity (Wildman–Crippen MR) is 98.5 cm³/mol. The molecule has 25 heavy (non-hydrogen) atoms. The monoisotopic (exact) mass is 337 g/mol. The van der Waals surface area contributed by atoms with Crippen LogP contribution in [0.25, 0.3) is 0 Å². The van der Waals surface area contributed by atoms with Crippen molar-refractivity contribution in [1.82, 2.24) is 4.98 Å². The molecule has 1 saturated carbocycles. The number of hydrogen-bond donors (Lipinski definition) is 2. The van der Waals surface area contributed by atoms with E-state index >= 15 is 0 Å². The Morgan fingerprint density at radius 1 is 1.00 bits per heavy atom. The smallest absolute Gasteiger partial charge is 0.257 e. The first-order valence-corrected chi connectivity index (χ1v) is 8.82. The molecule has 2 amide bonds. The fraction of sp³-hybridized carbons (Fsp3) is 0.350. The van der Waals surface area contributed by atoms with Gasteiger partial charge in [0.2, 0.25) is 5.91 Å². The van der Waals surface area contributed by atoms with Crippen LogP contribution in [-0.4, -0.2) is 16.8 Å². The molecule has 1 aromatic carbocycles. The lowest BCUT2D eigenvalue weighted by Crippen LogP contribution is -2.18. The lowest BCUT2D eigenvalue weighted by atomic mass is 9.87. The Morgan fingerprint density at radius 3 is 2.48 bits per heavy atom. The number of carbonyl (C=O) groups is 2. The molecule has 0 bridgehead atoms. The second-order valence-electron chi connectivity index (χ2n) is 6.53. The molecular weight excluding hydrogens is 314 g/mol. The van der Waals surface area contributed by atoms with E-state index in [-0.39, 0.29) is 11.8 Å². The number of hydrogen-bond acceptors (Lipinski definition) is 3. The molecule has 0 atom stereocenters. The second kappa shape index (κ2) is 8.42. The van der Waals surface area contributed by atoms with Gasteiger partial charge in [-0.05, 0) is 49.1 Å². The highest BCUT2D eigenvalue weighted by Gasteiger charge is 2.17. The summed E-state index contributed by atoms with van der Waals surface area (Å²) in [6.45, 7) is 0. The summed E-state index contributed by atoms with van der Waals surface area (Å²) < 4.78 is 0. The SMILES string of the molecule is O=C(CC1CCCCC1)Nc1cccc(NC(=O)c2cccnc2)c1. The third kappa shape index (κ3) is 5.14. The molecule has 1 aliphatic carbocycles. The fourth-order valence-electron chi connectivity index (χ4n) is 3.24. The van der Waals surface area contributed by atoms with Crippen LogP contribution in [0.2, 0.25) is 0 Å². The average Bonchev–Trinajstić information content (AvgIpc) is 2.63. The number of nitrogens with zero attached hydrogens (tertiary/aromatic N) is 1. The third-order valence-corrected chi connectivity index (χ3v) is 4.53. The van der Waals surface area contributed by atoms with E-state index in [0.717, 1.165) is 12.8 Å². The number of benzene rings is 1. The number of rotatable bonds is 5. The third-order valence-electron chi connectivity index (χ3n) is 4.53. The highest BCUT2D eigenvalue weighted by molar-refractivity contribution is 6.04. The Bertz CT molecular complexity index is 725. The van der Waals surface area contributed by atoms with Gasteiger partial charge in [0.25, 0.3) is 5.91 Å². The van der Waals surface area contributed by atoms with Crippen LogP contribution in [0.5, 0.6) is 0 Å². The van der Waals surface area contributed by atoms with Crippen LogP contribution in [0.15, 0.2) is 48.8 Å². The first-order chi connectivity index (χ1) is 12.2. The Kier molecular flexibility index (Phi) is 5.77. The summed E-state index contributed by atoms with van der Waals surface area (Å²) in [5.74, 6) is 0.323. The van der Waals surface area contributed by atoms with Crippen LogP contribution in [0, 0.1) is 5.92 Å². The molecule has 0 saturated heterocycles. The van der Waals surface area contributed by atoms with E-state index in [4.69, 9.17) is 0 Å². The fourth-order valence-corrected chi connectivity index (χ4v) is 3.24. The van der Waals surface area contributed by atoms with E-state index in [1.165, 1.54) is 25.5 Å². The van der Waals surface area contributed by atoms with E-state index < -0.39 is 0 Å². The van der Waals surface area contributed by atoms with E-state index in [0.29, 0.717) is 29.3 Å². The second-order valence-corrected chi connectivity index (χ2v) is 6.53. The van der Waals surface area contributed by atoms with Gasteiger partial charge in [0.05, 0.1) is 5.56 Å². The maximum absolute atomic E-state index is 12.2. The Hall–Kier alpha value is -2.69. The van der Waals surface area contributed by atoms with Crippen molar-refractivity contribution < 1.29 is 9.59 Å². The van der Waals surface area contributed by atoms with Gasteiger partial charge in [0, 0.05) is 30.2 Å². The number of nitrogens with one attached hydrogen (secondary N) is 2. The minimum absolute atomic E-state index is 0.0441. The van der Waals surface area contributed by atoms with E-state index in [1.807, 2.05) is 12.1 Å². The molecule has 2 aromatic rings. The number of pyridine rings is 1. The quantitative estimate of drug-likeness (QED) is 0.857. The predicted octanol–water partition coefficient (Wildman–Crippen LogP) is 4.24. The largest absolute Gasteiger partial charge is 0.326 e. The summed E-state index contributed by atoms with van der Waals surface area (Å²) in [6.07, 6.45) is 9.76. The summed E-state index contributed by atoms with van der Waals surface area (Å²) in [7, 11) is 0. The number of aromatic nitrogens is 1. The van der Waals surface area contributed by atoms with Gasteiger partial charge in [-0.15, -0.1) is 0 Å². The van der Waals surface area contributed by atoms with E-state index in [1.54, 1.807) is 30.5 Å². The van der Waals surface area contributed by atoms with Gasteiger partial charge in [0.1, 0.15) is 0 Å². The topological polar surface area (TPSA) is 71.1 Å². The van der Waals surface area contributed by atoms with Crippen molar-refractivity contribution in [3.05, 3.63) is 54.4 Å². The van der Waals surface area contributed by atoms with Gasteiger partial charge < -0.3 is 10.6 Å². The van der Waals surface area contributed by atoms with Crippen molar-refractivity contribution in [2.24, 2.45) is 5.92 Å². The number of amides is 2. The van der Waals surface area contributed by atoms with Crippen molar-refractivity contribution in [2.75, 3.05) is 10.6 Å². The molecule has 1 aromatic heterocycles. The maximum atomic E-state index is 12.2. The maximum Gasteiger partial charge on any atom is 0.257 e. The molecule has 1 fully saturated rings. The molecule has 130 valence electrons. The van der Waals surface area contributed by atoms with Gasteiger partial charge in [-0.2, -0.15) is 0 Å². The van der Waals surface area contributed by atoms with Crippen molar-refractivity contribution in [3.8, 4) is 0 Å². The van der Waals surface area contributed by atoms with Crippen molar-refractivity contribution in [3.63, 3.8) is 0 Å². The zero-order valence-electron chi connectivity index (χ0n) is 14.2. The molecule has 0 spiro atoms. The van der Waals surface area contributed by atoms with Crippen molar-refractivity contribution in [2.45, 2.75) is 38.5 Å². The number of carbonyl (C=O) groups excluding carboxylic acids is 2. The first kappa shape index (κ1) is 17.1. The minimum atomic E-state index is -0.223. The molecule has 0 radical (unpaired) electrons. The number of anilines is 2. The van der Waals surface area contributed by atoms with E-state index in [2.05, 4.69) is 15.6 Å². The Morgan fingerprint density at radius 2 is 1.76 bits per heavy atom.